The van der Waals surface area contributed by atoms with Crippen LogP contribution in [0.1, 0.15) is 29.8 Å². The summed E-state index contributed by atoms with van der Waals surface area (Å²) >= 11 is 1.31. The third kappa shape index (κ3) is 4.97. The molecule has 1 unspecified atom stereocenters. The number of rotatable bonds is 8. The number of ketones is 1. The molecule has 0 bridgehead atoms. The van der Waals surface area contributed by atoms with Gasteiger partial charge in [0.1, 0.15) is 0 Å². The molecule has 32 heavy (non-hydrogen) atoms. The molecular formula is C24H22N4O3S. The van der Waals surface area contributed by atoms with Crippen molar-refractivity contribution in [2.45, 2.75) is 30.8 Å². The Bertz CT molecular complexity index is 1220. The maximum Gasteiger partial charge on any atom is 0.237 e. The Balaban J connectivity index is 1.54. The van der Waals surface area contributed by atoms with Crippen molar-refractivity contribution in [2.24, 2.45) is 0 Å². The van der Waals surface area contributed by atoms with Gasteiger partial charge in [0.2, 0.25) is 11.7 Å². The number of nitrogens with one attached hydrogen (secondary N) is 1. The van der Waals surface area contributed by atoms with Crippen LogP contribution in [0.15, 0.2) is 82.6 Å². The Kier molecular flexibility index (Phi) is 6.51. The van der Waals surface area contributed by atoms with Gasteiger partial charge >= 0.3 is 0 Å². The summed E-state index contributed by atoms with van der Waals surface area (Å²) in [7, 11) is 0. The number of aromatic nitrogens is 3. The lowest BCUT2D eigenvalue weighted by Gasteiger charge is -2.14. The van der Waals surface area contributed by atoms with E-state index >= 15 is 0 Å². The van der Waals surface area contributed by atoms with Gasteiger partial charge in [0.05, 0.1) is 18.1 Å². The van der Waals surface area contributed by atoms with E-state index in [2.05, 4.69) is 15.5 Å². The van der Waals surface area contributed by atoms with Gasteiger partial charge in [-0.15, -0.1) is 10.2 Å². The molecule has 0 spiro atoms. The first kappa shape index (κ1) is 21.6. The van der Waals surface area contributed by atoms with Crippen LogP contribution < -0.4 is 5.32 Å². The standard InChI is InChI=1S/C24H22N4O3S/c1-16(29)19-10-6-11-20(14-19)25-23(30)17(2)32-24-27-26-22(21-12-7-13-31-21)28(24)15-18-8-4-3-5-9-18/h3-14,17H,15H2,1-2H3,(H,25,30). The number of furan rings is 1. The zero-order valence-corrected chi connectivity index (χ0v) is 18.5. The number of thioether (sulfide) groups is 1. The van der Waals surface area contributed by atoms with Crippen molar-refractivity contribution in [3.8, 4) is 11.6 Å². The Labute approximate surface area is 189 Å². The quantitative estimate of drug-likeness (QED) is 0.306. The lowest BCUT2D eigenvalue weighted by Crippen LogP contribution is -2.23. The van der Waals surface area contributed by atoms with Crippen molar-refractivity contribution >= 4 is 29.1 Å². The van der Waals surface area contributed by atoms with Gasteiger partial charge in [-0.05, 0) is 43.7 Å². The number of amides is 1. The van der Waals surface area contributed by atoms with Gasteiger partial charge < -0.3 is 9.73 Å². The van der Waals surface area contributed by atoms with E-state index in [9.17, 15) is 9.59 Å². The van der Waals surface area contributed by atoms with Gasteiger partial charge in [-0.3, -0.25) is 14.2 Å². The Morgan fingerprint density at radius 2 is 1.88 bits per heavy atom. The molecule has 4 rings (SSSR count). The van der Waals surface area contributed by atoms with Gasteiger partial charge in [-0.1, -0.05) is 54.2 Å². The number of nitrogens with zero attached hydrogens (tertiary/aromatic N) is 3. The lowest BCUT2D eigenvalue weighted by molar-refractivity contribution is -0.115. The number of hydrogen-bond donors (Lipinski definition) is 1. The maximum absolute atomic E-state index is 12.8. The third-order valence-corrected chi connectivity index (χ3v) is 5.91. The molecule has 0 radical (unpaired) electrons. The van der Waals surface area contributed by atoms with Crippen LogP contribution in [0.25, 0.3) is 11.6 Å². The number of benzene rings is 2. The van der Waals surface area contributed by atoms with Crippen LogP contribution in [-0.2, 0) is 11.3 Å². The summed E-state index contributed by atoms with van der Waals surface area (Å²) in [6.07, 6.45) is 1.59. The van der Waals surface area contributed by atoms with E-state index in [4.69, 9.17) is 4.42 Å². The van der Waals surface area contributed by atoms with Gasteiger partial charge in [0.15, 0.2) is 16.7 Å². The molecule has 0 saturated carbocycles. The van der Waals surface area contributed by atoms with E-state index in [1.165, 1.54) is 18.7 Å². The first-order valence-corrected chi connectivity index (χ1v) is 11.0. The molecule has 1 atom stereocenters. The number of carbonyl (C=O) groups excluding carboxylic acids is 2. The Morgan fingerprint density at radius 3 is 2.59 bits per heavy atom. The largest absolute Gasteiger partial charge is 0.461 e. The summed E-state index contributed by atoms with van der Waals surface area (Å²) in [5.74, 6) is 0.967. The molecule has 0 aliphatic heterocycles. The van der Waals surface area contributed by atoms with Crippen molar-refractivity contribution < 1.29 is 14.0 Å². The highest BCUT2D eigenvalue weighted by atomic mass is 32.2. The summed E-state index contributed by atoms with van der Waals surface area (Å²) < 4.78 is 7.48. The van der Waals surface area contributed by atoms with Crippen LogP contribution in [0.5, 0.6) is 0 Å². The molecule has 2 heterocycles. The average Bonchev–Trinajstić information content (AvgIpc) is 3.45. The van der Waals surface area contributed by atoms with E-state index in [0.717, 1.165) is 5.56 Å². The maximum atomic E-state index is 12.8. The van der Waals surface area contributed by atoms with Crippen molar-refractivity contribution in [1.29, 1.82) is 0 Å². The van der Waals surface area contributed by atoms with Crippen LogP contribution in [0.4, 0.5) is 5.69 Å². The van der Waals surface area contributed by atoms with Crippen molar-refractivity contribution in [1.82, 2.24) is 14.8 Å². The average molecular weight is 447 g/mol. The van der Waals surface area contributed by atoms with Crippen LogP contribution in [0.2, 0.25) is 0 Å². The van der Waals surface area contributed by atoms with Crippen molar-refractivity contribution in [3.63, 3.8) is 0 Å². The summed E-state index contributed by atoms with van der Waals surface area (Å²) in [4.78, 5) is 24.4. The second-order valence-electron chi connectivity index (χ2n) is 7.24. The summed E-state index contributed by atoms with van der Waals surface area (Å²) in [6.45, 7) is 3.85. The lowest BCUT2D eigenvalue weighted by atomic mass is 10.1. The first-order valence-electron chi connectivity index (χ1n) is 10.1. The van der Waals surface area contributed by atoms with Gasteiger partial charge in [0.25, 0.3) is 0 Å². The number of Topliss-reactive ketones (excluding diaryl/α,β-unsaturated/α-hetero) is 1. The predicted octanol–water partition coefficient (Wildman–Crippen LogP) is 4.91. The molecule has 0 aliphatic carbocycles. The molecule has 7 nitrogen and oxygen atoms in total. The number of anilines is 1. The summed E-state index contributed by atoms with van der Waals surface area (Å²) in [5.41, 5.74) is 2.21. The van der Waals surface area contributed by atoms with Gasteiger partial charge in [0, 0.05) is 11.3 Å². The fourth-order valence-corrected chi connectivity index (χ4v) is 3.99. The molecule has 162 valence electrons. The van der Waals surface area contributed by atoms with E-state index in [1.807, 2.05) is 47.9 Å². The highest BCUT2D eigenvalue weighted by Gasteiger charge is 2.22. The molecule has 0 aliphatic rings. The number of hydrogen-bond acceptors (Lipinski definition) is 6. The highest BCUT2D eigenvalue weighted by molar-refractivity contribution is 8.00. The van der Waals surface area contributed by atoms with Gasteiger partial charge in [-0.25, -0.2) is 0 Å². The van der Waals surface area contributed by atoms with Crippen molar-refractivity contribution in [3.05, 3.63) is 84.1 Å². The molecule has 8 heteroatoms. The van der Waals surface area contributed by atoms with Crippen LogP contribution in [0.3, 0.4) is 0 Å². The van der Waals surface area contributed by atoms with Crippen LogP contribution in [-0.4, -0.2) is 31.7 Å². The van der Waals surface area contributed by atoms with Crippen LogP contribution in [0, 0.1) is 0 Å². The fraction of sp³-hybridized carbons (Fsp3) is 0.167. The SMILES string of the molecule is CC(=O)c1cccc(NC(=O)C(C)Sc2nnc(-c3ccco3)n2Cc2ccccc2)c1. The minimum absolute atomic E-state index is 0.0528. The topological polar surface area (TPSA) is 90.0 Å². The van der Waals surface area contributed by atoms with E-state index in [-0.39, 0.29) is 11.7 Å². The summed E-state index contributed by atoms with van der Waals surface area (Å²) in [6, 6.07) is 20.5. The first-order chi connectivity index (χ1) is 15.5. The van der Waals surface area contributed by atoms with E-state index in [1.54, 1.807) is 36.6 Å². The summed E-state index contributed by atoms with van der Waals surface area (Å²) in [5, 5.41) is 11.7. The molecule has 1 amide bonds. The smallest absolute Gasteiger partial charge is 0.237 e. The van der Waals surface area contributed by atoms with Crippen LogP contribution >= 0.6 is 11.8 Å². The third-order valence-electron chi connectivity index (χ3n) is 4.83. The molecule has 0 fully saturated rings. The molecule has 1 N–H and O–H groups in total. The minimum Gasteiger partial charge on any atom is -0.461 e. The monoisotopic (exact) mass is 446 g/mol. The normalized spacial score (nSPS) is 11.8. The Hall–Kier alpha value is -3.65. The van der Waals surface area contributed by atoms with E-state index < -0.39 is 5.25 Å². The van der Waals surface area contributed by atoms with Crippen molar-refractivity contribution in [2.75, 3.05) is 5.32 Å². The molecule has 4 aromatic rings. The second-order valence-corrected chi connectivity index (χ2v) is 8.55. The highest BCUT2D eigenvalue weighted by Crippen LogP contribution is 2.28. The number of carbonyl (C=O) groups is 2. The zero-order valence-electron chi connectivity index (χ0n) is 17.7. The van der Waals surface area contributed by atoms with Gasteiger partial charge in [-0.2, -0.15) is 0 Å². The minimum atomic E-state index is -0.445. The molecule has 0 saturated heterocycles. The van der Waals surface area contributed by atoms with E-state index in [0.29, 0.717) is 34.5 Å². The predicted molar refractivity (Wildman–Crippen MR) is 124 cm³/mol. The Morgan fingerprint density at radius 1 is 1.06 bits per heavy atom. The molecule has 2 aromatic carbocycles. The zero-order chi connectivity index (χ0) is 22.5. The molecule has 2 aromatic heterocycles. The molecular weight excluding hydrogens is 424 g/mol. The second kappa shape index (κ2) is 9.65. The fourth-order valence-electron chi connectivity index (χ4n) is 3.14.